The van der Waals surface area contributed by atoms with Crippen LogP contribution in [0, 0.1) is 12.7 Å². The van der Waals surface area contributed by atoms with Gasteiger partial charge >= 0.3 is 0 Å². The molecular weight excluding hydrogens is 231 g/mol. The zero-order chi connectivity index (χ0) is 13.9. The third kappa shape index (κ3) is 3.68. The molecule has 1 unspecified atom stereocenters. The summed E-state index contributed by atoms with van der Waals surface area (Å²) in [5.74, 6) is -0.227. The molecule has 1 rings (SSSR count). The van der Waals surface area contributed by atoms with Gasteiger partial charge in [0.25, 0.3) is 0 Å². The zero-order valence-electron chi connectivity index (χ0n) is 11.6. The lowest BCUT2D eigenvalue weighted by Gasteiger charge is -2.25. The van der Waals surface area contributed by atoms with Crippen molar-refractivity contribution in [1.29, 1.82) is 0 Å². The lowest BCUT2D eigenvalue weighted by Crippen LogP contribution is -2.24. The van der Waals surface area contributed by atoms with E-state index in [0.29, 0.717) is 18.5 Å². The molecular formula is C14H23FN2O. The molecule has 0 aliphatic carbocycles. The Hall–Kier alpha value is -1.13. The Morgan fingerprint density at radius 2 is 2.00 bits per heavy atom. The highest BCUT2D eigenvalue weighted by Gasteiger charge is 2.14. The summed E-state index contributed by atoms with van der Waals surface area (Å²) in [4.78, 5) is 2.01. The third-order valence-electron chi connectivity index (χ3n) is 3.09. The van der Waals surface area contributed by atoms with E-state index < -0.39 is 0 Å². The summed E-state index contributed by atoms with van der Waals surface area (Å²) < 4.78 is 13.6. The molecule has 0 radical (unpaired) electrons. The molecule has 0 fully saturated rings. The fraction of sp³-hybridized carbons (Fsp3) is 0.571. The van der Waals surface area contributed by atoms with E-state index in [-0.39, 0.29) is 18.0 Å². The van der Waals surface area contributed by atoms with E-state index >= 15 is 0 Å². The topological polar surface area (TPSA) is 49.5 Å². The van der Waals surface area contributed by atoms with E-state index in [4.69, 9.17) is 5.73 Å². The summed E-state index contributed by atoms with van der Waals surface area (Å²) in [6.07, 6.45) is 0.332. The van der Waals surface area contributed by atoms with Gasteiger partial charge in [0.15, 0.2) is 0 Å². The first-order valence-corrected chi connectivity index (χ1v) is 6.27. The molecule has 0 bridgehead atoms. The van der Waals surface area contributed by atoms with E-state index in [1.807, 2.05) is 24.9 Å². The second-order valence-corrected chi connectivity index (χ2v) is 5.01. The summed E-state index contributed by atoms with van der Waals surface area (Å²) in [6, 6.07) is 3.11. The highest BCUT2D eigenvalue weighted by molar-refractivity contribution is 5.56. The molecule has 0 spiro atoms. The van der Waals surface area contributed by atoms with Gasteiger partial charge in [-0.1, -0.05) is 0 Å². The number of halogens is 1. The Kier molecular flexibility index (Phi) is 5.11. The Bertz CT molecular complexity index is 405. The summed E-state index contributed by atoms with van der Waals surface area (Å²) in [5, 5.41) is 9.31. The smallest absolute Gasteiger partial charge is 0.126 e. The Balaban J connectivity index is 3.02. The van der Waals surface area contributed by atoms with Crippen molar-refractivity contribution >= 4 is 5.69 Å². The van der Waals surface area contributed by atoms with Crippen LogP contribution < -0.4 is 10.6 Å². The van der Waals surface area contributed by atoms with Crippen LogP contribution in [0.5, 0.6) is 0 Å². The molecule has 4 heteroatoms. The monoisotopic (exact) mass is 254 g/mol. The van der Waals surface area contributed by atoms with Crippen molar-refractivity contribution in [2.24, 2.45) is 5.73 Å². The number of hydrogen-bond acceptors (Lipinski definition) is 3. The molecule has 3 nitrogen and oxygen atoms in total. The van der Waals surface area contributed by atoms with Crippen LogP contribution in [0.15, 0.2) is 12.1 Å². The predicted molar refractivity (Wildman–Crippen MR) is 73.3 cm³/mol. The summed E-state index contributed by atoms with van der Waals surface area (Å²) in [7, 11) is 1.93. The van der Waals surface area contributed by atoms with Gasteiger partial charge in [0.2, 0.25) is 0 Å². The van der Waals surface area contributed by atoms with Crippen LogP contribution in [0.25, 0.3) is 0 Å². The molecule has 0 amide bonds. The molecule has 0 aliphatic rings. The molecule has 18 heavy (non-hydrogen) atoms. The number of nitrogens with zero attached hydrogens (tertiary/aromatic N) is 1. The van der Waals surface area contributed by atoms with Crippen LogP contribution in [0.4, 0.5) is 10.1 Å². The second kappa shape index (κ2) is 6.16. The lowest BCUT2D eigenvalue weighted by atomic mass is 10.0. The molecule has 1 aromatic carbocycles. The van der Waals surface area contributed by atoms with Crippen molar-refractivity contribution in [1.82, 2.24) is 0 Å². The first-order valence-electron chi connectivity index (χ1n) is 6.27. The Morgan fingerprint density at radius 3 is 2.50 bits per heavy atom. The standard InChI is InChI=1S/C14H23FN2O/c1-9-7-14(17(4)6-5-10(2)18)12(11(3)16)8-13(9)15/h7-8,10-11,18H,5-6,16H2,1-4H3/t10?,11-/m1/s1. The zero-order valence-corrected chi connectivity index (χ0v) is 11.6. The van der Waals surface area contributed by atoms with Gasteiger partial charge in [0, 0.05) is 25.3 Å². The molecule has 0 heterocycles. The number of aliphatic hydroxyl groups is 1. The van der Waals surface area contributed by atoms with Gasteiger partial charge in [-0.15, -0.1) is 0 Å². The molecule has 2 atom stereocenters. The maximum Gasteiger partial charge on any atom is 0.126 e. The maximum absolute atomic E-state index is 13.6. The van der Waals surface area contributed by atoms with E-state index in [1.165, 1.54) is 6.07 Å². The van der Waals surface area contributed by atoms with Gasteiger partial charge in [-0.25, -0.2) is 4.39 Å². The van der Waals surface area contributed by atoms with Crippen molar-refractivity contribution in [3.8, 4) is 0 Å². The van der Waals surface area contributed by atoms with Crippen molar-refractivity contribution in [2.45, 2.75) is 39.3 Å². The first-order chi connectivity index (χ1) is 8.32. The van der Waals surface area contributed by atoms with E-state index in [9.17, 15) is 9.50 Å². The number of aliphatic hydroxyl groups excluding tert-OH is 1. The van der Waals surface area contributed by atoms with Gasteiger partial charge in [-0.05, 0) is 50.5 Å². The summed E-state index contributed by atoms with van der Waals surface area (Å²) >= 11 is 0. The van der Waals surface area contributed by atoms with Crippen LogP contribution in [-0.2, 0) is 0 Å². The molecule has 3 N–H and O–H groups in total. The number of nitrogens with two attached hydrogens (primary N) is 1. The van der Waals surface area contributed by atoms with E-state index in [0.717, 1.165) is 11.3 Å². The van der Waals surface area contributed by atoms with Crippen LogP contribution in [0.1, 0.15) is 37.4 Å². The number of aryl methyl sites for hydroxylation is 1. The minimum Gasteiger partial charge on any atom is -0.393 e. The molecule has 0 aliphatic heterocycles. The van der Waals surface area contributed by atoms with E-state index in [2.05, 4.69) is 0 Å². The van der Waals surface area contributed by atoms with E-state index in [1.54, 1.807) is 13.8 Å². The van der Waals surface area contributed by atoms with Crippen LogP contribution in [-0.4, -0.2) is 24.8 Å². The quantitative estimate of drug-likeness (QED) is 0.848. The van der Waals surface area contributed by atoms with Gasteiger partial charge in [0.1, 0.15) is 5.82 Å². The highest BCUT2D eigenvalue weighted by atomic mass is 19.1. The minimum absolute atomic E-state index is 0.218. The van der Waals surface area contributed by atoms with Gasteiger partial charge in [-0.3, -0.25) is 0 Å². The molecule has 0 saturated heterocycles. The molecule has 1 aromatic rings. The van der Waals surface area contributed by atoms with Crippen molar-refractivity contribution in [3.63, 3.8) is 0 Å². The van der Waals surface area contributed by atoms with Gasteiger partial charge < -0.3 is 15.7 Å². The van der Waals surface area contributed by atoms with Gasteiger partial charge in [-0.2, -0.15) is 0 Å². The maximum atomic E-state index is 13.6. The normalized spacial score (nSPS) is 14.4. The first kappa shape index (κ1) is 14.9. The van der Waals surface area contributed by atoms with Gasteiger partial charge in [0.05, 0.1) is 6.10 Å². The summed E-state index contributed by atoms with van der Waals surface area (Å²) in [6.45, 7) is 6.06. The number of benzene rings is 1. The average Bonchev–Trinajstić information content (AvgIpc) is 2.28. The lowest BCUT2D eigenvalue weighted by molar-refractivity contribution is 0.187. The van der Waals surface area contributed by atoms with Crippen molar-refractivity contribution in [2.75, 3.05) is 18.5 Å². The SMILES string of the molecule is Cc1cc(N(C)CCC(C)O)c([C@@H](C)N)cc1F. The summed E-state index contributed by atoms with van der Waals surface area (Å²) in [5.41, 5.74) is 8.23. The highest BCUT2D eigenvalue weighted by Crippen LogP contribution is 2.27. The van der Waals surface area contributed by atoms with Crippen LogP contribution >= 0.6 is 0 Å². The fourth-order valence-electron chi connectivity index (χ4n) is 1.88. The largest absolute Gasteiger partial charge is 0.393 e. The predicted octanol–water partition coefficient (Wildman–Crippen LogP) is 2.36. The molecule has 0 saturated carbocycles. The molecule has 0 aromatic heterocycles. The second-order valence-electron chi connectivity index (χ2n) is 5.01. The third-order valence-corrected chi connectivity index (χ3v) is 3.09. The minimum atomic E-state index is -0.340. The van der Waals surface area contributed by atoms with Crippen LogP contribution in [0.3, 0.4) is 0 Å². The van der Waals surface area contributed by atoms with Crippen molar-refractivity contribution in [3.05, 3.63) is 29.1 Å². The fourth-order valence-corrected chi connectivity index (χ4v) is 1.88. The average molecular weight is 254 g/mol. The Labute approximate surface area is 108 Å². The molecule has 102 valence electrons. The van der Waals surface area contributed by atoms with Crippen molar-refractivity contribution < 1.29 is 9.50 Å². The van der Waals surface area contributed by atoms with Crippen LogP contribution in [0.2, 0.25) is 0 Å². The number of rotatable bonds is 5. The number of anilines is 1. The Morgan fingerprint density at radius 1 is 1.39 bits per heavy atom. The number of hydrogen-bond donors (Lipinski definition) is 2.